The van der Waals surface area contributed by atoms with Crippen LogP contribution in [0.5, 0.6) is 0 Å². The minimum atomic E-state index is 0.205. The Hall–Kier alpha value is -0.820. The van der Waals surface area contributed by atoms with E-state index >= 15 is 0 Å². The summed E-state index contributed by atoms with van der Waals surface area (Å²) in [6, 6.07) is 0. The molecule has 1 nitrogen and oxygen atoms in total. The molecule has 2 atom stereocenters. The summed E-state index contributed by atoms with van der Waals surface area (Å²) in [6.07, 6.45) is 28.4. The van der Waals surface area contributed by atoms with Crippen LogP contribution in [-0.4, -0.2) is 12.2 Å². The van der Waals surface area contributed by atoms with Crippen LogP contribution in [0.25, 0.3) is 0 Å². The van der Waals surface area contributed by atoms with Crippen molar-refractivity contribution in [3.8, 4) is 0 Å². The van der Waals surface area contributed by atoms with Crippen LogP contribution < -0.4 is 0 Å². The van der Waals surface area contributed by atoms with E-state index in [1.165, 1.54) is 89.9 Å². The Labute approximate surface area is 167 Å². The van der Waals surface area contributed by atoms with Gasteiger partial charge in [0.05, 0.1) is 5.60 Å². The number of hydrogen-bond donors (Lipinski definition) is 0. The number of ether oxygens (including phenoxy) is 1. The lowest BCUT2D eigenvalue weighted by atomic mass is 9.75. The minimum absolute atomic E-state index is 0.205. The summed E-state index contributed by atoms with van der Waals surface area (Å²) in [5.41, 5.74) is 4.86. The lowest BCUT2D eigenvalue weighted by Crippen LogP contribution is -2.26. The van der Waals surface area contributed by atoms with Gasteiger partial charge in [0.15, 0.2) is 0 Å². The van der Waals surface area contributed by atoms with Gasteiger partial charge in [-0.3, -0.25) is 0 Å². The molecule has 0 amide bonds. The van der Waals surface area contributed by atoms with E-state index in [1.807, 2.05) is 0 Å². The zero-order chi connectivity index (χ0) is 18.8. The fraction of sp³-hybridized carbons (Fsp3) is 0.769. The number of hydrogen-bond acceptors (Lipinski definition) is 1. The molecule has 0 aromatic heterocycles. The topological polar surface area (TPSA) is 9.23 Å². The molecule has 1 fully saturated rings. The summed E-state index contributed by atoms with van der Waals surface area (Å²) < 4.78 is 6.15. The van der Waals surface area contributed by atoms with Crippen molar-refractivity contribution in [2.75, 3.05) is 6.61 Å². The Balaban J connectivity index is 1.26. The molecule has 0 N–H and O–H groups in total. The first-order chi connectivity index (χ1) is 13.1. The molecule has 150 valence electrons. The first-order valence-corrected chi connectivity index (χ1v) is 11.8. The average Bonchev–Trinajstić information content (AvgIpc) is 3.49. The standard InChI is InChI=1S/C26H40O/c1-3-24(15-8-22-10-17-25(21-22)12-5-6-13-25)16-9-23(20-24)11-18-26(4-2)14-7-19-27-26/h5-6,9-10H,3-4,7-8,11-21H2,1-2H3. The normalized spacial score (nSPS) is 34.6. The predicted octanol–water partition coefficient (Wildman–Crippen LogP) is 7.68. The van der Waals surface area contributed by atoms with Crippen LogP contribution >= 0.6 is 0 Å². The van der Waals surface area contributed by atoms with E-state index in [0.717, 1.165) is 6.61 Å². The predicted molar refractivity (Wildman–Crippen MR) is 115 cm³/mol. The highest BCUT2D eigenvalue weighted by Crippen LogP contribution is 2.51. The molecule has 1 spiro atoms. The average molecular weight is 369 g/mol. The molecular formula is C26H40O. The fourth-order valence-corrected chi connectivity index (χ4v) is 6.27. The van der Waals surface area contributed by atoms with Gasteiger partial charge in [0.25, 0.3) is 0 Å². The van der Waals surface area contributed by atoms with Crippen molar-refractivity contribution >= 4 is 0 Å². The van der Waals surface area contributed by atoms with Crippen LogP contribution in [0.3, 0.4) is 0 Å². The van der Waals surface area contributed by atoms with E-state index in [4.69, 9.17) is 4.74 Å². The van der Waals surface area contributed by atoms with E-state index in [2.05, 4.69) is 38.2 Å². The zero-order valence-corrected chi connectivity index (χ0v) is 17.8. The van der Waals surface area contributed by atoms with Gasteiger partial charge >= 0.3 is 0 Å². The molecular weight excluding hydrogens is 328 g/mol. The molecule has 1 aliphatic heterocycles. The van der Waals surface area contributed by atoms with Crippen LogP contribution in [-0.2, 0) is 4.74 Å². The summed E-state index contributed by atoms with van der Waals surface area (Å²) in [4.78, 5) is 0. The second-order valence-corrected chi connectivity index (χ2v) is 10.2. The molecule has 2 unspecified atom stereocenters. The summed E-state index contributed by atoms with van der Waals surface area (Å²) in [6.45, 7) is 5.72. The highest BCUT2D eigenvalue weighted by atomic mass is 16.5. The molecule has 27 heavy (non-hydrogen) atoms. The molecule has 4 aliphatic rings. The first-order valence-electron chi connectivity index (χ1n) is 11.8. The SMILES string of the molecule is CCC1(CCC2=CCC3(CC=CC3)C2)CC=C(CCC2(CC)CCCO2)C1. The lowest BCUT2D eigenvalue weighted by Gasteiger charge is -2.30. The van der Waals surface area contributed by atoms with Crippen LogP contribution in [0.2, 0.25) is 0 Å². The maximum absolute atomic E-state index is 6.15. The third-order valence-electron chi connectivity index (χ3n) is 8.58. The Morgan fingerprint density at radius 3 is 2.30 bits per heavy atom. The summed E-state index contributed by atoms with van der Waals surface area (Å²) >= 11 is 0. The summed E-state index contributed by atoms with van der Waals surface area (Å²) in [5.74, 6) is 0. The lowest BCUT2D eigenvalue weighted by molar-refractivity contribution is -0.00577. The van der Waals surface area contributed by atoms with Gasteiger partial charge in [-0.15, -0.1) is 0 Å². The van der Waals surface area contributed by atoms with Crippen molar-refractivity contribution in [3.05, 3.63) is 35.5 Å². The van der Waals surface area contributed by atoms with E-state index in [0.29, 0.717) is 10.8 Å². The van der Waals surface area contributed by atoms with E-state index in [9.17, 15) is 0 Å². The van der Waals surface area contributed by atoms with E-state index in [-0.39, 0.29) is 5.60 Å². The second-order valence-electron chi connectivity index (χ2n) is 10.2. The van der Waals surface area contributed by atoms with Crippen LogP contribution in [0.1, 0.15) is 104 Å². The minimum Gasteiger partial charge on any atom is -0.375 e. The Morgan fingerprint density at radius 1 is 0.852 bits per heavy atom. The molecule has 1 saturated heterocycles. The first kappa shape index (κ1) is 19.5. The van der Waals surface area contributed by atoms with Crippen molar-refractivity contribution in [2.45, 2.75) is 109 Å². The number of rotatable bonds is 8. The van der Waals surface area contributed by atoms with Crippen molar-refractivity contribution in [1.29, 1.82) is 0 Å². The smallest absolute Gasteiger partial charge is 0.0683 e. The van der Waals surface area contributed by atoms with Crippen molar-refractivity contribution in [2.24, 2.45) is 10.8 Å². The van der Waals surface area contributed by atoms with Gasteiger partial charge < -0.3 is 4.74 Å². The fourth-order valence-electron chi connectivity index (χ4n) is 6.27. The molecule has 1 heterocycles. The summed E-state index contributed by atoms with van der Waals surface area (Å²) in [5, 5.41) is 0. The maximum atomic E-state index is 6.15. The number of allylic oxidation sites excluding steroid dienone is 6. The third-order valence-corrected chi connectivity index (χ3v) is 8.58. The largest absolute Gasteiger partial charge is 0.375 e. The Morgan fingerprint density at radius 2 is 1.59 bits per heavy atom. The van der Waals surface area contributed by atoms with Gasteiger partial charge in [0.1, 0.15) is 0 Å². The third kappa shape index (κ3) is 4.14. The zero-order valence-electron chi connectivity index (χ0n) is 17.8. The van der Waals surface area contributed by atoms with Gasteiger partial charge in [0, 0.05) is 6.61 Å². The summed E-state index contributed by atoms with van der Waals surface area (Å²) in [7, 11) is 0. The van der Waals surface area contributed by atoms with Gasteiger partial charge in [-0.25, -0.2) is 0 Å². The monoisotopic (exact) mass is 368 g/mol. The molecule has 0 radical (unpaired) electrons. The van der Waals surface area contributed by atoms with Gasteiger partial charge in [-0.2, -0.15) is 0 Å². The second kappa shape index (κ2) is 7.90. The van der Waals surface area contributed by atoms with Crippen LogP contribution in [0.4, 0.5) is 0 Å². The molecule has 0 bridgehead atoms. The van der Waals surface area contributed by atoms with Crippen molar-refractivity contribution in [3.63, 3.8) is 0 Å². The van der Waals surface area contributed by atoms with Crippen molar-refractivity contribution in [1.82, 2.24) is 0 Å². The van der Waals surface area contributed by atoms with Crippen LogP contribution in [0, 0.1) is 10.8 Å². The molecule has 0 saturated carbocycles. The molecule has 1 heteroatoms. The molecule has 3 aliphatic carbocycles. The van der Waals surface area contributed by atoms with E-state index in [1.54, 1.807) is 11.1 Å². The molecule has 0 aromatic carbocycles. The van der Waals surface area contributed by atoms with Gasteiger partial charge in [0.2, 0.25) is 0 Å². The molecule has 0 aromatic rings. The molecule has 4 rings (SSSR count). The van der Waals surface area contributed by atoms with Gasteiger partial charge in [-0.1, -0.05) is 49.3 Å². The Kier molecular flexibility index (Phi) is 5.70. The highest BCUT2D eigenvalue weighted by Gasteiger charge is 2.38. The van der Waals surface area contributed by atoms with Crippen molar-refractivity contribution < 1.29 is 4.74 Å². The highest BCUT2D eigenvalue weighted by molar-refractivity contribution is 5.22. The van der Waals surface area contributed by atoms with Crippen LogP contribution in [0.15, 0.2) is 35.5 Å². The Bertz CT molecular complexity index is 608. The van der Waals surface area contributed by atoms with Gasteiger partial charge in [-0.05, 0) is 101 Å². The maximum Gasteiger partial charge on any atom is 0.0683 e. The van der Waals surface area contributed by atoms with E-state index < -0.39 is 0 Å². The quantitative estimate of drug-likeness (QED) is 0.399.